The summed E-state index contributed by atoms with van der Waals surface area (Å²) in [6.45, 7) is 2.75. The van der Waals surface area contributed by atoms with Crippen LogP contribution in [0.15, 0.2) is 0 Å². The quantitative estimate of drug-likeness (QED) is 0.565. The molecule has 1 saturated carbocycles. The molecule has 0 radical (unpaired) electrons. The second kappa shape index (κ2) is 8.25. The first-order chi connectivity index (χ1) is 9.47. The Labute approximate surface area is 120 Å². The molecule has 1 fully saturated rings. The number of carboxylic acid groups (broad SMARTS) is 1. The number of carbonyl (C=O) groups is 2. The molecule has 20 heavy (non-hydrogen) atoms. The Morgan fingerprint density at radius 3 is 2.45 bits per heavy atom. The molecule has 5 heteroatoms. The van der Waals surface area contributed by atoms with Crippen molar-refractivity contribution in [3.63, 3.8) is 0 Å². The third kappa shape index (κ3) is 5.90. The number of carboxylic acids is 1. The summed E-state index contributed by atoms with van der Waals surface area (Å²) < 4.78 is 0. The monoisotopic (exact) mass is 285 g/mol. The fourth-order valence-corrected chi connectivity index (χ4v) is 3.03. The van der Waals surface area contributed by atoms with Crippen molar-refractivity contribution in [3.8, 4) is 0 Å². The van der Waals surface area contributed by atoms with Crippen molar-refractivity contribution in [2.24, 2.45) is 11.3 Å². The molecule has 0 aliphatic heterocycles. The van der Waals surface area contributed by atoms with E-state index in [0.29, 0.717) is 13.0 Å². The molecular formula is C15H27NO4. The lowest BCUT2D eigenvalue weighted by atomic mass is 9.79. The molecule has 1 atom stereocenters. The molecule has 0 bridgehead atoms. The molecule has 0 heterocycles. The van der Waals surface area contributed by atoms with E-state index in [-0.39, 0.29) is 30.3 Å². The molecule has 0 saturated heterocycles. The van der Waals surface area contributed by atoms with E-state index in [1.54, 1.807) is 0 Å². The number of aliphatic hydroxyl groups excluding tert-OH is 1. The van der Waals surface area contributed by atoms with Crippen LogP contribution >= 0.6 is 0 Å². The molecule has 1 aliphatic rings. The standard InChI is InChI=1S/C15H27NO4/c1-12(11-17)5-4-8-16-13(18)9-15(10-14(19)20)6-2-3-7-15/h12,17H,2-11H2,1H3,(H,16,18)(H,19,20). The minimum atomic E-state index is -0.809. The number of hydrogen-bond acceptors (Lipinski definition) is 3. The van der Waals surface area contributed by atoms with E-state index in [1.807, 2.05) is 6.92 Å². The predicted molar refractivity (Wildman–Crippen MR) is 76.3 cm³/mol. The maximum absolute atomic E-state index is 11.9. The van der Waals surface area contributed by atoms with Crippen LogP contribution < -0.4 is 5.32 Å². The van der Waals surface area contributed by atoms with Crippen molar-refractivity contribution < 1.29 is 19.8 Å². The Hall–Kier alpha value is -1.10. The second-order valence-electron chi connectivity index (χ2n) is 6.23. The van der Waals surface area contributed by atoms with Crippen LogP contribution in [-0.4, -0.2) is 35.2 Å². The van der Waals surface area contributed by atoms with E-state index in [1.165, 1.54) is 0 Å². The van der Waals surface area contributed by atoms with Crippen LogP contribution in [-0.2, 0) is 9.59 Å². The Morgan fingerprint density at radius 1 is 1.25 bits per heavy atom. The van der Waals surface area contributed by atoms with Gasteiger partial charge in [-0.25, -0.2) is 0 Å². The fraction of sp³-hybridized carbons (Fsp3) is 0.867. The van der Waals surface area contributed by atoms with Crippen molar-refractivity contribution in [1.29, 1.82) is 0 Å². The van der Waals surface area contributed by atoms with E-state index >= 15 is 0 Å². The third-order valence-corrected chi connectivity index (χ3v) is 4.23. The van der Waals surface area contributed by atoms with Gasteiger partial charge in [-0.05, 0) is 37.0 Å². The second-order valence-corrected chi connectivity index (χ2v) is 6.23. The van der Waals surface area contributed by atoms with Crippen LogP contribution in [0.4, 0.5) is 0 Å². The number of hydrogen-bond donors (Lipinski definition) is 3. The molecule has 116 valence electrons. The number of nitrogens with one attached hydrogen (secondary N) is 1. The van der Waals surface area contributed by atoms with Gasteiger partial charge in [-0.3, -0.25) is 9.59 Å². The van der Waals surface area contributed by atoms with Gasteiger partial charge < -0.3 is 15.5 Å². The largest absolute Gasteiger partial charge is 0.481 e. The van der Waals surface area contributed by atoms with E-state index in [0.717, 1.165) is 38.5 Å². The van der Waals surface area contributed by atoms with E-state index < -0.39 is 5.97 Å². The maximum Gasteiger partial charge on any atom is 0.303 e. The van der Waals surface area contributed by atoms with Crippen LogP contribution in [0.2, 0.25) is 0 Å². The average molecular weight is 285 g/mol. The first-order valence-electron chi connectivity index (χ1n) is 7.57. The fourth-order valence-electron chi connectivity index (χ4n) is 3.03. The van der Waals surface area contributed by atoms with Crippen molar-refractivity contribution in [2.45, 2.75) is 58.3 Å². The lowest BCUT2D eigenvalue weighted by Crippen LogP contribution is -2.32. The summed E-state index contributed by atoms with van der Waals surface area (Å²) in [5.74, 6) is -0.582. The first kappa shape index (κ1) is 17.0. The smallest absolute Gasteiger partial charge is 0.303 e. The van der Waals surface area contributed by atoms with Gasteiger partial charge >= 0.3 is 5.97 Å². The number of aliphatic hydroxyl groups is 1. The van der Waals surface area contributed by atoms with Crippen LogP contribution in [0.25, 0.3) is 0 Å². The molecule has 0 aromatic rings. The normalized spacial score (nSPS) is 18.7. The topological polar surface area (TPSA) is 86.6 Å². The number of rotatable bonds is 9. The molecule has 1 unspecified atom stereocenters. The highest BCUT2D eigenvalue weighted by atomic mass is 16.4. The molecule has 1 aliphatic carbocycles. The summed E-state index contributed by atoms with van der Waals surface area (Å²) in [6.07, 6.45) is 5.89. The zero-order valence-electron chi connectivity index (χ0n) is 12.4. The number of amides is 1. The van der Waals surface area contributed by atoms with E-state index in [9.17, 15) is 9.59 Å². The van der Waals surface area contributed by atoms with Gasteiger partial charge in [-0.2, -0.15) is 0 Å². The summed E-state index contributed by atoms with van der Waals surface area (Å²) in [5.41, 5.74) is -0.325. The molecule has 0 aromatic carbocycles. The van der Waals surface area contributed by atoms with Crippen LogP contribution in [0.5, 0.6) is 0 Å². The van der Waals surface area contributed by atoms with Crippen LogP contribution in [0.1, 0.15) is 58.3 Å². The van der Waals surface area contributed by atoms with Crippen molar-refractivity contribution in [3.05, 3.63) is 0 Å². The lowest BCUT2D eigenvalue weighted by molar-refractivity contribution is -0.140. The molecule has 1 rings (SSSR count). The number of aliphatic carboxylic acids is 1. The zero-order valence-corrected chi connectivity index (χ0v) is 12.4. The Morgan fingerprint density at radius 2 is 1.90 bits per heavy atom. The van der Waals surface area contributed by atoms with E-state index in [2.05, 4.69) is 5.32 Å². The first-order valence-corrected chi connectivity index (χ1v) is 7.57. The minimum Gasteiger partial charge on any atom is -0.481 e. The lowest BCUT2D eigenvalue weighted by Gasteiger charge is -2.26. The Kier molecular flexibility index (Phi) is 6.99. The Balaban J connectivity index is 2.30. The van der Waals surface area contributed by atoms with Gasteiger partial charge in [0.25, 0.3) is 0 Å². The SMILES string of the molecule is CC(CO)CCCNC(=O)CC1(CC(=O)O)CCCC1. The summed E-state index contributed by atoms with van der Waals surface area (Å²) in [6, 6.07) is 0. The van der Waals surface area contributed by atoms with Gasteiger partial charge in [0.2, 0.25) is 5.91 Å². The van der Waals surface area contributed by atoms with Crippen molar-refractivity contribution in [2.75, 3.05) is 13.2 Å². The molecular weight excluding hydrogens is 258 g/mol. The van der Waals surface area contributed by atoms with Gasteiger partial charge in [0.15, 0.2) is 0 Å². The Bertz CT molecular complexity index is 324. The molecule has 0 aromatic heterocycles. The highest BCUT2D eigenvalue weighted by Crippen LogP contribution is 2.43. The highest BCUT2D eigenvalue weighted by molar-refractivity contribution is 5.78. The molecule has 1 amide bonds. The van der Waals surface area contributed by atoms with E-state index in [4.69, 9.17) is 10.2 Å². The molecule has 0 spiro atoms. The predicted octanol–water partition coefficient (Wildman–Crippen LogP) is 1.94. The van der Waals surface area contributed by atoms with Gasteiger partial charge in [0.05, 0.1) is 6.42 Å². The van der Waals surface area contributed by atoms with Gasteiger partial charge in [0, 0.05) is 19.6 Å². The summed E-state index contributed by atoms with van der Waals surface area (Å²) >= 11 is 0. The van der Waals surface area contributed by atoms with Gasteiger partial charge in [-0.15, -0.1) is 0 Å². The maximum atomic E-state index is 11.9. The minimum absolute atomic E-state index is 0.0372. The van der Waals surface area contributed by atoms with Crippen LogP contribution in [0.3, 0.4) is 0 Å². The summed E-state index contributed by atoms with van der Waals surface area (Å²) in [7, 11) is 0. The van der Waals surface area contributed by atoms with Gasteiger partial charge in [0.1, 0.15) is 0 Å². The molecule has 3 N–H and O–H groups in total. The zero-order chi connectivity index (χ0) is 15.0. The van der Waals surface area contributed by atoms with Crippen molar-refractivity contribution >= 4 is 11.9 Å². The highest BCUT2D eigenvalue weighted by Gasteiger charge is 2.37. The number of carbonyl (C=O) groups excluding carboxylic acids is 1. The average Bonchev–Trinajstić information content (AvgIpc) is 2.81. The molecule has 5 nitrogen and oxygen atoms in total. The van der Waals surface area contributed by atoms with Gasteiger partial charge in [-0.1, -0.05) is 19.8 Å². The van der Waals surface area contributed by atoms with Crippen LogP contribution in [0, 0.1) is 11.3 Å². The summed E-state index contributed by atoms with van der Waals surface area (Å²) in [5, 5.41) is 20.8. The summed E-state index contributed by atoms with van der Waals surface area (Å²) in [4.78, 5) is 22.9. The van der Waals surface area contributed by atoms with Crippen molar-refractivity contribution in [1.82, 2.24) is 5.32 Å². The third-order valence-electron chi connectivity index (χ3n) is 4.23.